The normalized spacial score (nSPS) is 17.3. The molecule has 0 spiro atoms. The van der Waals surface area contributed by atoms with E-state index in [0.717, 1.165) is 25.1 Å². The van der Waals surface area contributed by atoms with Crippen molar-refractivity contribution in [3.05, 3.63) is 47.3 Å². The van der Waals surface area contributed by atoms with Crippen LogP contribution in [0.3, 0.4) is 0 Å². The summed E-state index contributed by atoms with van der Waals surface area (Å²) in [5, 5.41) is 13.1. The standard InChI is InChI=1S/C14H18FNO2/c15-13-5-3-12(4-6-13)14(17)9-16-8-11-2-1-7-18-10-11/h2-6,14,16-17H,1,7-10H2. The predicted molar refractivity (Wildman–Crippen MR) is 67.7 cm³/mol. The highest BCUT2D eigenvalue weighted by molar-refractivity contribution is 5.18. The molecule has 0 aromatic heterocycles. The molecule has 0 fully saturated rings. The van der Waals surface area contributed by atoms with Gasteiger partial charge in [-0.2, -0.15) is 0 Å². The zero-order valence-corrected chi connectivity index (χ0v) is 10.2. The van der Waals surface area contributed by atoms with Crippen LogP contribution in [0.4, 0.5) is 4.39 Å². The summed E-state index contributed by atoms with van der Waals surface area (Å²) in [6.45, 7) is 2.63. The van der Waals surface area contributed by atoms with Crippen LogP contribution in [-0.2, 0) is 4.74 Å². The van der Waals surface area contributed by atoms with Crippen molar-refractivity contribution in [2.75, 3.05) is 26.3 Å². The Bertz CT molecular complexity index is 403. The fourth-order valence-electron chi connectivity index (χ4n) is 1.90. The molecular weight excluding hydrogens is 233 g/mol. The molecule has 0 saturated carbocycles. The molecule has 1 aromatic carbocycles. The molecule has 4 heteroatoms. The molecule has 1 unspecified atom stereocenters. The van der Waals surface area contributed by atoms with Crippen molar-refractivity contribution in [3.8, 4) is 0 Å². The summed E-state index contributed by atoms with van der Waals surface area (Å²) in [7, 11) is 0. The Hall–Kier alpha value is -1.23. The minimum Gasteiger partial charge on any atom is -0.387 e. The highest BCUT2D eigenvalue weighted by atomic mass is 19.1. The molecule has 98 valence electrons. The monoisotopic (exact) mass is 251 g/mol. The van der Waals surface area contributed by atoms with E-state index in [1.54, 1.807) is 12.1 Å². The molecule has 1 atom stereocenters. The number of aliphatic hydroxyl groups excluding tert-OH is 1. The third-order valence-corrected chi connectivity index (χ3v) is 2.93. The Morgan fingerprint density at radius 1 is 1.33 bits per heavy atom. The first-order valence-corrected chi connectivity index (χ1v) is 6.15. The van der Waals surface area contributed by atoms with Crippen LogP contribution in [0.2, 0.25) is 0 Å². The molecule has 3 nitrogen and oxygen atoms in total. The third kappa shape index (κ3) is 3.91. The molecule has 1 heterocycles. The molecule has 0 radical (unpaired) electrons. The summed E-state index contributed by atoms with van der Waals surface area (Å²) in [5.74, 6) is -0.289. The van der Waals surface area contributed by atoms with Crippen LogP contribution < -0.4 is 5.32 Å². The minimum atomic E-state index is -0.615. The second kappa shape index (κ2) is 6.64. The van der Waals surface area contributed by atoms with Gasteiger partial charge >= 0.3 is 0 Å². The van der Waals surface area contributed by atoms with Crippen LogP contribution in [0.15, 0.2) is 35.9 Å². The lowest BCUT2D eigenvalue weighted by Gasteiger charge is -2.16. The maximum atomic E-state index is 12.7. The zero-order valence-electron chi connectivity index (χ0n) is 10.2. The maximum absolute atomic E-state index is 12.7. The molecule has 1 aliphatic heterocycles. The Kier molecular flexibility index (Phi) is 4.87. The number of benzene rings is 1. The summed E-state index contributed by atoms with van der Waals surface area (Å²) < 4.78 is 18.1. The molecule has 0 saturated heterocycles. The number of rotatable bonds is 5. The van der Waals surface area contributed by atoms with Crippen molar-refractivity contribution in [1.29, 1.82) is 0 Å². The zero-order chi connectivity index (χ0) is 12.8. The summed E-state index contributed by atoms with van der Waals surface area (Å²) in [6.07, 6.45) is 2.51. The molecule has 2 N–H and O–H groups in total. The topological polar surface area (TPSA) is 41.5 Å². The highest BCUT2D eigenvalue weighted by Gasteiger charge is 2.08. The van der Waals surface area contributed by atoms with E-state index >= 15 is 0 Å². The second-order valence-corrected chi connectivity index (χ2v) is 4.40. The largest absolute Gasteiger partial charge is 0.387 e. The van der Waals surface area contributed by atoms with Crippen LogP contribution >= 0.6 is 0 Å². The van der Waals surface area contributed by atoms with E-state index in [0.29, 0.717) is 13.2 Å². The molecule has 1 aliphatic rings. The fourth-order valence-corrected chi connectivity index (χ4v) is 1.90. The van der Waals surface area contributed by atoms with Gasteiger partial charge in [0.25, 0.3) is 0 Å². The van der Waals surface area contributed by atoms with Gasteiger partial charge in [0.05, 0.1) is 19.3 Å². The lowest BCUT2D eigenvalue weighted by molar-refractivity contribution is 0.146. The van der Waals surface area contributed by atoms with Gasteiger partial charge in [-0.25, -0.2) is 4.39 Å². The molecule has 0 bridgehead atoms. The van der Waals surface area contributed by atoms with Crippen molar-refractivity contribution in [2.45, 2.75) is 12.5 Å². The fraction of sp³-hybridized carbons (Fsp3) is 0.429. The quantitative estimate of drug-likeness (QED) is 0.784. The first kappa shape index (κ1) is 13.2. The smallest absolute Gasteiger partial charge is 0.123 e. The lowest BCUT2D eigenvalue weighted by Crippen LogP contribution is -2.26. The van der Waals surface area contributed by atoms with Gasteiger partial charge in [-0.15, -0.1) is 0 Å². The van der Waals surface area contributed by atoms with E-state index in [-0.39, 0.29) is 5.82 Å². The van der Waals surface area contributed by atoms with Crippen molar-refractivity contribution in [3.63, 3.8) is 0 Å². The first-order valence-electron chi connectivity index (χ1n) is 6.15. The average Bonchev–Trinajstić information content (AvgIpc) is 2.40. The Morgan fingerprint density at radius 2 is 2.11 bits per heavy atom. The number of ether oxygens (including phenoxy) is 1. The van der Waals surface area contributed by atoms with Crippen molar-refractivity contribution >= 4 is 0 Å². The van der Waals surface area contributed by atoms with Gasteiger partial charge in [0.2, 0.25) is 0 Å². The van der Waals surface area contributed by atoms with Gasteiger partial charge in [0, 0.05) is 13.1 Å². The van der Waals surface area contributed by atoms with E-state index in [1.165, 1.54) is 17.7 Å². The molecule has 1 aromatic rings. The average molecular weight is 251 g/mol. The SMILES string of the molecule is OC(CNCC1=CCCOC1)c1ccc(F)cc1. The summed E-state index contributed by atoms with van der Waals surface area (Å²) in [6, 6.07) is 5.92. The van der Waals surface area contributed by atoms with Crippen LogP contribution in [-0.4, -0.2) is 31.4 Å². The maximum Gasteiger partial charge on any atom is 0.123 e. The summed E-state index contributed by atoms with van der Waals surface area (Å²) >= 11 is 0. The molecular formula is C14H18FNO2. The second-order valence-electron chi connectivity index (χ2n) is 4.40. The summed E-state index contributed by atoms with van der Waals surface area (Å²) in [4.78, 5) is 0. The Morgan fingerprint density at radius 3 is 2.78 bits per heavy atom. The van der Waals surface area contributed by atoms with E-state index in [1.807, 2.05) is 0 Å². The third-order valence-electron chi connectivity index (χ3n) is 2.93. The van der Waals surface area contributed by atoms with E-state index < -0.39 is 6.10 Å². The number of hydrogen-bond acceptors (Lipinski definition) is 3. The van der Waals surface area contributed by atoms with Crippen molar-refractivity contribution in [1.82, 2.24) is 5.32 Å². The van der Waals surface area contributed by atoms with Gasteiger partial charge in [-0.05, 0) is 29.7 Å². The Labute approximate surface area is 106 Å². The van der Waals surface area contributed by atoms with Gasteiger partial charge in [-0.1, -0.05) is 18.2 Å². The number of hydrogen-bond donors (Lipinski definition) is 2. The van der Waals surface area contributed by atoms with Crippen molar-refractivity contribution < 1.29 is 14.2 Å². The molecule has 2 rings (SSSR count). The molecule has 18 heavy (non-hydrogen) atoms. The van der Waals surface area contributed by atoms with Crippen LogP contribution in [0.1, 0.15) is 18.1 Å². The molecule has 0 aliphatic carbocycles. The number of nitrogens with one attached hydrogen (secondary N) is 1. The minimum absolute atomic E-state index is 0.289. The van der Waals surface area contributed by atoms with E-state index in [9.17, 15) is 9.50 Å². The first-order chi connectivity index (χ1) is 8.75. The van der Waals surface area contributed by atoms with E-state index in [4.69, 9.17) is 4.74 Å². The van der Waals surface area contributed by atoms with Gasteiger partial charge in [-0.3, -0.25) is 0 Å². The lowest BCUT2D eigenvalue weighted by atomic mass is 10.1. The van der Waals surface area contributed by atoms with Crippen LogP contribution in [0.25, 0.3) is 0 Å². The van der Waals surface area contributed by atoms with Crippen molar-refractivity contribution in [2.24, 2.45) is 0 Å². The van der Waals surface area contributed by atoms with Crippen LogP contribution in [0, 0.1) is 5.82 Å². The molecule has 0 amide bonds. The van der Waals surface area contributed by atoms with E-state index in [2.05, 4.69) is 11.4 Å². The van der Waals surface area contributed by atoms with Gasteiger partial charge in [0.1, 0.15) is 5.82 Å². The highest BCUT2D eigenvalue weighted by Crippen LogP contribution is 2.12. The number of aliphatic hydroxyl groups is 1. The predicted octanol–water partition coefficient (Wildman–Crippen LogP) is 1.80. The summed E-state index contributed by atoms with van der Waals surface area (Å²) in [5.41, 5.74) is 1.94. The van der Waals surface area contributed by atoms with Gasteiger partial charge < -0.3 is 15.2 Å². The van der Waals surface area contributed by atoms with Gasteiger partial charge in [0.15, 0.2) is 0 Å². The Balaban J connectivity index is 1.76. The van der Waals surface area contributed by atoms with Crippen LogP contribution in [0.5, 0.6) is 0 Å². The number of halogens is 1.